The quantitative estimate of drug-likeness (QED) is 0.187. The van der Waals surface area contributed by atoms with Crippen LogP contribution >= 0.6 is 0 Å². The number of rotatable bonds is 4. The third-order valence-corrected chi connectivity index (χ3v) is 7.94. The fourth-order valence-electron chi connectivity index (χ4n) is 5.99. The van der Waals surface area contributed by atoms with Gasteiger partial charge in [0.25, 0.3) is 0 Å². The van der Waals surface area contributed by atoms with Crippen molar-refractivity contribution < 1.29 is 25.0 Å². The van der Waals surface area contributed by atoms with Gasteiger partial charge in [-0.2, -0.15) is 0 Å². The van der Waals surface area contributed by atoms with E-state index in [1.54, 1.807) is 78.9 Å². The number of benzene rings is 8. The Kier molecular flexibility index (Phi) is 3.39. The van der Waals surface area contributed by atoms with Crippen LogP contribution in [0.5, 0.6) is 0 Å². The van der Waals surface area contributed by atoms with Crippen LogP contribution in [0.3, 0.4) is 0 Å². The van der Waals surface area contributed by atoms with Gasteiger partial charge < -0.3 is 4.42 Å². The highest BCUT2D eigenvalue weighted by molar-refractivity contribution is 6.23. The lowest BCUT2D eigenvalue weighted by Gasteiger charge is -2.19. The van der Waals surface area contributed by atoms with Gasteiger partial charge in [0.15, 0.2) is 0 Å². The van der Waals surface area contributed by atoms with Gasteiger partial charge in [-0.3, -0.25) is 0 Å². The number of fused-ring (bicyclic) bond motifs is 5. The molecule has 1 nitrogen and oxygen atoms in total. The second-order valence-electron chi connectivity index (χ2n) is 10.5. The summed E-state index contributed by atoms with van der Waals surface area (Å²) in [5, 5.41) is 1.45. The fraction of sp³-hybridized carbons (Fsp3) is 0. The first-order valence-electron chi connectivity index (χ1n) is 21.7. The summed E-state index contributed by atoms with van der Waals surface area (Å²) in [6.45, 7) is 0. The predicted octanol–water partition coefficient (Wildman–Crippen LogP) is 12.6. The third kappa shape index (κ3) is 4.17. The van der Waals surface area contributed by atoms with Gasteiger partial charge in [0.05, 0.1) is 20.6 Å². The highest BCUT2D eigenvalue weighted by atomic mass is 16.3. The van der Waals surface area contributed by atoms with E-state index in [9.17, 15) is 5.48 Å². The van der Waals surface area contributed by atoms with E-state index >= 15 is 0 Å². The molecule has 210 valence electrons. The molecule has 0 atom stereocenters. The molecule has 0 saturated heterocycles. The Hall–Kier alpha value is -5.92. The molecule has 8 aromatic carbocycles. The van der Waals surface area contributed by atoms with Crippen molar-refractivity contribution in [2.75, 3.05) is 0 Å². The number of furan rings is 1. The average Bonchev–Trinajstić information content (AvgIpc) is 3.67. The smallest absolute Gasteiger partial charge is 0.136 e. The molecule has 0 aliphatic carbocycles. The molecule has 0 N–H and O–H groups in total. The van der Waals surface area contributed by atoms with Crippen molar-refractivity contribution >= 4 is 43.5 Å². The largest absolute Gasteiger partial charge is 0.456 e. The van der Waals surface area contributed by atoms with E-state index in [-0.39, 0.29) is 73.9 Å². The molecule has 0 fully saturated rings. The van der Waals surface area contributed by atoms with E-state index in [2.05, 4.69) is 0 Å². The summed E-state index contributed by atoms with van der Waals surface area (Å²) in [5.74, 6) is 0. The molecule has 0 spiro atoms. The summed E-state index contributed by atoms with van der Waals surface area (Å²) in [6, 6.07) is 14.6. The molecule has 9 aromatic rings. The molecule has 0 radical (unpaired) electrons. The average molecular weight is 588 g/mol. The molecule has 45 heavy (non-hydrogen) atoms. The van der Waals surface area contributed by atoms with Crippen molar-refractivity contribution in [1.29, 1.82) is 0 Å². The predicted molar refractivity (Wildman–Crippen MR) is 190 cm³/mol. The minimum absolute atomic E-state index is 0.0262. The molecule has 0 unspecified atom stereocenters. The van der Waals surface area contributed by atoms with Crippen LogP contribution in [0.1, 0.15) is 20.6 Å². The standard InChI is InChI=1S/C44H28O/c1-3-13-29(14-4-1)31-23-25-34-35-26-24-32(28-42(35)45-41(34)27-31)43-37-19-9-11-21-39(37)44(40-22-12-10-20-38(40)43)36-18-8-7-17-33(36)30-15-5-2-6-16-30/h1-28H/i2D,5D,6D,7D,8D,15D,16D,17D,18D,23D,24D,25D,26D,27D,28D. The van der Waals surface area contributed by atoms with Gasteiger partial charge in [0.1, 0.15) is 11.2 Å². The highest BCUT2D eigenvalue weighted by Crippen LogP contribution is 2.46. The summed E-state index contributed by atoms with van der Waals surface area (Å²) in [4.78, 5) is 0. The van der Waals surface area contributed by atoms with Crippen molar-refractivity contribution in [3.63, 3.8) is 0 Å². The van der Waals surface area contributed by atoms with E-state index in [1.165, 1.54) is 0 Å². The molecule has 1 aromatic heterocycles. The van der Waals surface area contributed by atoms with Gasteiger partial charge in [0.2, 0.25) is 0 Å². The van der Waals surface area contributed by atoms with Crippen molar-refractivity contribution in [1.82, 2.24) is 0 Å². The van der Waals surface area contributed by atoms with E-state index in [0.717, 1.165) is 0 Å². The minimum Gasteiger partial charge on any atom is -0.456 e. The van der Waals surface area contributed by atoms with Crippen LogP contribution in [0.25, 0.3) is 88.0 Å². The van der Waals surface area contributed by atoms with Crippen LogP contribution in [0.4, 0.5) is 0 Å². The van der Waals surface area contributed by atoms with Crippen LogP contribution < -0.4 is 0 Å². The van der Waals surface area contributed by atoms with Gasteiger partial charge in [-0.25, -0.2) is 0 Å². The first-order valence-corrected chi connectivity index (χ1v) is 14.2. The van der Waals surface area contributed by atoms with Gasteiger partial charge in [-0.05, 0) is 90.2 Å². The first-order chi connectivity index (χ1) is 28.6. The van der Waals surface area contributed by atoms with Gasteiger partial charge in [-0.15, -0.1) is 0 Å². The number of hydrogen-bond acceptors (Lipinski definition) is 1. The van der Waals surface area contributed by atoms with Gasteiger partial charge >= 0.3 is 0 Å². The maximum absolute atomic E-state index is 9.63. The van der Waals surface area contributed by atoms with Crippen molar-refractivity contribution in [3.05, 3.63) is 169 Å². The number of hydrogen-bond donors (Lipinski definition) is 0. The zero-order valence-corrected chi connectivity index (χ0v) is 23.4. The van der Waals surface area contributed by atoms with E-state index in [0.29, 0.717) is 32.7 Å². The zero-order valence-electron chi connectivity index (χ0n) is 38.4. The Morgan fingerprint density at radius 3 is 1.51 bits per heavy atom. The van der Waals surface area contributed by atoms with E-state index in [4.69, 9.17) is 19.5 Å². The Morgan fingerprint density at radius 2 is 0.867 bits per heavy atom. The maximum Gasteiger partial charge on any atom is 0.136 e. The second kappa shape index (κ2) is 10.4. The SMILES string of the molecule is [2H]c1c([2H])c([2H])c(-c2c([2H])c([2H])c([2H])c([2H])c2-c2c3ccccc3c(-c3c([2H])c([2H])c4c(oc5c([2H])c(-c6ccccc6)c([2H])c([2H])c54)c3[2H])c3ccccc23)c([2H])c1[2H]. The molecule has 0 aliphatic heterocycles. The van der Waals surface area contributed by atoms with Crippen LogP contribution in [0.2, 0.25) is 0 Å². The zero-order chi connectivity index (χ0) is 42.8. The molecule has 9 rings (SSSR count). The van der Waals surface area contributed by atoms with Crippen LogP contribution in [-0.2, 0) is 0 Å². The van der Waals surface area contributed by atoms with Crippen molar-refractivity contribution in [2.45, 2.75) is 0 Å². The summed E-state index contributed by atoms with van der Waals surface area (Å²) in [7, 11) is 0. The fourth-order valence-corrected chi connectivity index (χ4v) is 5.99. The van der Waals surface area contributed by atoms with Crippen LogP contribution in [0.15, 0.2) is 174 Å². The Bertz CT molecular complexity index is 3290. The van der Waals surface area contributed by atoms with Crippen molar-refractivity contribution in [3.8, 4) is 44.5 Å². The summed E-state index contributed by atoms with van der Waals surface area (Å²) >= 11 is 0. The molecule has 0 amide bonds. The normalized spacial score (nSPS) is 16.2. The third-order valence-electron chi connectivity index (χ3n) is 7.94. The van der Waals surface area contributed by atoms with E-state index in [1.807, 2.05) is 0 Å². The Labute approximate surface area is 282 Å². The Morgan fingerprint density at radius 1 is 0.356 bits per heavy atom. The molecular weight excluding hydrogens is 544 g/mol. The molecule has 0 bridgehead atoms. The summed E-state index contributed by atoms with van der Waals surface area (Å²) < 4.78 is 140. The second-order valence-corrected chi connectivity index (χ2v) is 10.5. The highest BCUT2D eigenvalue weighted by Gasteiger charge is 2.19. The Balaban J connectivity index is 1.43. The topological polar surface area (TPSA) is 13.1 Å². The molecule has 0 aliphatic rings. The molecular formula is C44H28O. The van der Waals surface area contributed by atoms with Crippen molar-refractivity contribution in [2.24, 2.45) is 0 Å². The molecule has 0 saturated carbocycles. The lowest BCUT2D eigenvalue weighted by molar-refractivity contribution is 0.669. The lowest BCUT2D eigenvalue weighted by atomic mass is 9.84. The summed E-state index contributed by atoms with van der Waals surface area (Å²) in [6.07, 6.45) is 0. The lowest BCUT2D eigenvalue weighted by Crippen LogP contribution is -1.92. The molecule has 1 heteroatoms. The molecule has 1 heterocycles. The van der Waals surface area contributed by atoms with Gasteiger partial charge in [0, 0.05) is 10.8 Å². The van der Waals surface area contributed by atoms with Crippen LogP contribution in [-0.4, -0.2) is 0 Å². The monoisotopic (exact) mass is 587 g/mol. The van der Waals surface area contributed by atoms with Gasteiger partial charge in [-0.1, -0.05) is 145 Å². The minimum atomic E-state index is -0.683. The van der Waals surface area contributed by atoms with Crippen LogP contribution in [0, 0.1) is 0 Å². The maximum atomic E-state index is 9.63. The summed E-state index contributed by atoms with van der Waals surface area (Å²) in [5.41, 5.74) is 0.0642. The first kappa shape index (κ1) is 14.7. The van der Waals surface area contributed by atoms with E-state index < -0.39 is 72.0 Å².